The van der Waals surface area contributed by atoms with Crippen molar-refractivity contribution in [3.63, 3.8) is 0 Å². The van der Waals surface area contributed by atoms with Crippen molar-refractivity contribution in [3.8, 4) is 0 Å². The van der Waals surface area contributed by atoms with Crippen LogP contribution in [0.1, 0.15) is 40.0 Å². The lowest BCUT2D eigenvalue weighted by atomic mass is 10.1. The number of carbonyl (C=O) groups excluding carboxylic acids is 1. The molecule has 0 radical (unpaired) electrons. The highest BCUT2D eigenvalue weighted by molar-refractivity contribution is 5.73. The molecule has 12 heavy (non-hydrogen) atoms. The maximum atomic E-state index is 10.6. The molecule has 0 saturated heterocycles. The van der Waals surface area contributed by atoms with Crippen molar-refractivity contribution in [2.45, 2.75) is 46.1 Å². The SMILES string of the molecule is C=C(C)CCCC(C)NC(C)=O. The third kappa shape index (κ3) is 7.32. The minimum absolute atomic E-state index is 0.0535. The molecular formula is C10H19NO. The molecule has 0 aromatic heterocycles. The second-order valence-corrected chi connectivity index (χ2v) is 3.45. The maximum absolute atomic E-state index is 10.6. The van der Waals surface area contributed by atoms with E-state index < -0.39 is 0 Å². The molecule has 0 aliphatic carbocycles. The van der Waals surface area contributed by atoms with Crippen molar-refractivity contribution in [2.75, 3.05) is 0 Å². The Morgan fingerprint density at radius 1 is 1.50 bits per heavy atom. The van der Waals surface area contributed by atoms with Gasteiger partial charge in [-0.1, -0.05) is 5.57 Å². The van der Waals surface area contributed by atoms with E-state index in [1.807, 2.05) is 13.8 Å². The Morgan fingerprint density at radius 3 is 2.50 bits per heavy atom. The molecule has 1 amide bonds. The first kappa shape index (κ1) is 11.2. The van der Waals surface area contributed by atoms with E-state index in [9.17, 15) is 4.79 Å². The van der Waals surface area contributed by atoms with Crippen LogP contribution in [0.4, 0.5) is 0 Å². The van der Waals surface area contributed by atoms with E-state index >= 15 is 0 Å². The Balaban J connectivity index is 3.37. The van der Waals surface area contributed by atoms with Crippen LogP contribution in [0.2, 0.25) is 0 Å². The van der Waals surface area contributed by atoms with Crippen LogP contribution in [-0.2, 0) is 4.79 Å². The minimum Gasteiger partial charge on any atom is -0.354 e. The first-order chi connectivity index (χ1) is 5.52. The summed E-state index contributed by atoms with van der Waals surface area (Å²) in [6, 6.07) is 0.293. The summed E-state index contributed by atoms with van der Waals surface area (Å²) >= 11 is 0. The number of carbonyl (C=O) groups is 1. The van der Waals surface area contributed by atoms with Gasteiger partial charge in [-0.25, -0.2) is 0 Å². The summed E-state index contributed by atoms with van der Waals surface area (Å²) in [6.45, 7) is 9.43. The molecule has 0 aliphatic rings. The van der Waals surface area contributed by atoms with Crippen molar-refractivity contribution in [1.82, 2.24) is 5.32 Å². The quantitative estimate of drug-likeness (QED) is 0.628. The van der Waals surface area contributed by atoms with Crippen LogP contribution >= 0.6 is 0 Å². The van der Waals surface area contributed by atoms with Crippen molar-refractivity contribution in [2.24, 2.45) is 0 Å². The van der Waals surface area contributed by atoms with Gasteiger partial charge in [0.1, 0.15) is 0 Å². The molecule has 0 bridgehead atoms. The molecule has 0 fully saturated rings. The smallest absolute Gasteiger partial charge is 0.217 e. The summed E-state index contributed by atoms with van der Waals surface area (Å²) < 4.78 is 0. The summed E-state index contributed by atoms with van der Waals surface area (Å²) in [6.07, 6.45) is 3.20. The summed E-state index contributed by atoms with van der Waals surface area (Å²) in [5, 5.41) is 2.85. The van der Waals surface area contributed by atoms with Crippen molar-refractivity contribution in [1.29, 1.82) is 0 Å². The fraction of sp³-hybridized carbons (Fsp3) is 0.700. The van der Waals surface area contributed by atoms with Gasteiger partial charge >= 0.3 is 0 Å². The monoisotopic (exact) mass is 169 g/mol. The normalized spacial score (nSPS) is 12.2. The molecule has 1 N–H and O–H groups in total. The van der Waals surface area contributed by atoms with Gasteiger partial charge in [0.25, 0.3) is 0 Å². The van der Waals surface area contributed by atoms with E-state index in [2.05, 4.69) is 11.9 Å². The zero-order valence-corrected chi connectivity index (χ0v) is 8.31. The van der Waals surface area contributed by atoms with E-state index in [1.165, 1.54) is 5.57 Å². The van der Waals surface area contributed by atoms with Crippen molar-refractivity contribution >= 4 is 5.91 Å². The summed E-state index contributed by atoms with van der Waals surface area (Å²) in [4.78, 5) is 10.6. The van der Waals surface area contributed by atoms with E-state index in [4.69, 9.17) is 0 Å². The van der Waals surface area contributed by atoms with Crippen molar-refractivity contribution < 1.29 is 4.79 Å². The molecule has 0 heterocycles. The third-order valence-electron chi connectivity index (χ3n) is 1.69. The number of allylic oxidation sites excluding steroid dienone is 1. The number of hydrogen-bond acceptors (Lipinski definition) is 1. The fourth-order valence-electron chi connectivity index (χ4n) is 1.13. The van der Waals surface area contributed by atoms with Gasteiger partial charge in [-0.15, -0.1) is 6.58 Å². The topological polar surface area (TPSA) is 29.1 Å². The Bertz CT molecular complexity index is 163. The standard InChI is InChI=1S/C10H19NO/c1-8(2)6-5-7-9(3)11-10(4)12/h9H,1,5-7H2,2-4H3,(H,11,12). The molecule has 1 atom stereocenters. The van der Waals surface area contributed by atoms with Crippen molar-refractivity contribution in [3.05, 3.63) is 12.2 Å². The van der Waals surface area contributed by atoms with Gasteiger partial charge in [0.15, 0.2) is 0 Å². The van der Waals surface area contributed by atoms with Crippen LogP contribution in [0, 0.1) is 0 Å². The van der Waals surface area contributed by atoms with Crippen LogP contribution in [0.15, 0.2) is 12.2 Å². The first-order valence-electron chi connectivity index (χ1n) is 4.44. The van der Waals surface area contributed by atoms with Gasteiger partial charge in [-0.3, -0.25) is 4.79 Å². The number of amides is 1. The molecule has 70 valence electrons. The molecule has 2 nitrogen and oxygen atoms in total. The maximum Gasteiger partial charge on any atom is 0.217 e. The van der Waals surface area contributed by atoms with Gasteiger partial charge in [-0.2, -0.15) is 0 Å². The van der Waals surface area contributed by atoms with Gasteiger partial charge in [0.05, 0.1) is 0 Å². The van der Waals surface area contributed by atoms with E-state index in [-0.39, 0.29) is 5.91 Å². The molecular weight excluding hydrogens is 150 g/mol. The number of hydrogen-bond donors (Lipinski definition) is 1. The zero-order valence-electron chi connectivity index (χ0n) is 8.31. The lowest BCUT2D eigenvalue weighted by Gasteiger charge is -2.11. The number of nitrogens with one attached hydrogen (secondary N) is 1. The van der Waals surface area contributed by atoms with Crippen LogP contribution in [0.3, 0.4) is 0 Å². The van der Waals surface area contributed by atoms with Crippen LogP contribution in [0.5, 0.6) is 0 Å². The molecule has 0 saturated carbocycles. The molecule has 2 heteroatoms. The lowest BCUT2D eigenvalue weighted by Crippen LogP contribution is -2.30. The third-order valence-corrected chi connectivity index (χ3v) is 1.69. The molecule has 0 aliphatic heterocycles. The lowest BCUT2D eigenvalue weighted by molar-refractivity contribution is -0.119. The van der Waals surface area contributed by atoms with E-state index in [0.29, 0.717) is 6.04 Å². The second kappa shape index (κ2) is 5.81. The summed E-state index contributed by atoms with van der Waals surface area (Å²) in [5.74, 6) is 0.0535. The highest BCUT2D eigenvalue weighted by atomic mass is 16.1. The van der Waals surface area contributed by atoms with Gasteiger partial charge in [0, 0.05) is 13.0 Å². The Hall–Kier alpha value is -0.790. The van der Waals surface area contributed by atoms with Gasteiger partial charge < -0.3 is 5.32 Å². The van der Waals surface area contributed by atoms with Gasteiger partial charge in [0.2, 0.25) is 5.91 Å². The molecule has 0 aromatic rings. The largest absolute Gasteiger partial charge is 0.354 e. The molecule has 0 rings (SSSR count). The Labute approximate surface area is 75.0 Å². The highest BCUT2D eigenvalue weighted by Gasteiger charge is 2.01. The predicted molar refractivity (Wildman–Crippen MR) is 51.9 cm³/mol. The van der Waals surface area contributed by atoms with E-state index in [1.54, 1.807) is 6.92 Å². The van der Waals surface area contributed by atoms with Crippen LogP contribution < -0.4 is 5.32 Å². The Kier molecular flexibility index (Phi) is 5.43. The second-order valence-electron chi connectivity index (χ2n) is 3.45. The fourth-order valence-corrected chi connectivity index (χ4v) is 1.13. The molecule has 0 spiro atoms. The number of rotatable bonds is 5. The summed E-state index contributed by atoms with van der Waals surface area (Å²) in [5.41, 5.74) is 1.21. The predicted octanol–water partition coefficient (Wildman–Crippen LogP) is 2.26. The molecule has 1 unspecified atom stereocenters. The van der Waals surface area contributed by atoms with E-state index in [0.717, 1.165) is 19.3 Å². The van der Waals surface area contributed by atoms with Crippen LogP contribution in [-0.4, -0.2) is 11.9 Å². The summed E-state index contributed by atoms with van der Waals surface area (Å²) in [7, 11) is 0. The zero-order chi connectivity index (χ0) is 9.56. The molecule has 0 aromatic carbocycles. The average Bonchev–Trinajstić information content (AvgIpc) is 1.84. The highest BCUT2D eigenvalue weighted by Crippen LogP contribution is 2.05. The first-order valence-corrected chi connectivity index (χ1v) is 4.44. The van der Waals surface area contributed by atoms with Gasteiger partial charge in [-0.05, 0) is 33.1 Å². The Morgan fingerprint density at radius 2 is 2.08 bits per heavy atom. The average molecular weight is 169 g/mol. The minimum atomic E-state index is 0.0535. The van der Waals surface area contributed by atoms with Crippen LogP contribution in [0.25, 0.3) is 0 Å².